The second-order valence-electron chi connectivity index (χ2n) is 8.26. The van der Waals surface area contributed by atoms with Gasteiger partial charge in [0, 0.05) is 51.4 Å². The Balaban J connectivity index is 1.25. The van der Waals surface area contributed by atoms with Crippen LogP contribution in [0.15, 0.2) is 24.3 Å². The smallest absolute Gasteiger partial charge is 0.253 e. The Labute approximate surface area is 163 Å². The third-order valence-corrected chi connectivity index (χ3v) is 6.20. The maximum Gasteiger partial charge on any atom is 0.253 e. The maximum absolute atomic E-state index is 12.8. The molecule has 3 aliphatic rings. The van der Waals surface area contributed by atoms with E-state index in [-0.39, 0.29) is 5.91 Å². The lowest BCUT2D eigenvalue weighted by molar-refractivity contribution is 0.0432. The van der Waals surface area contributed by atoms with E-state index in [0.717, 1.165) is 51.4 Å². The average molecular weight is 372 g/mol. The second kappa shape index (κ2) is 9.18. The van der Waals surface area contributed by atoms with Crippen LogP contribution in [0, 0.1) is 0 Å². The molecule has 0 radical (unpaired) electrons. The first-order valence-electron chi connectivity index (χ1n) is 10.7. The first-order valence-corrected chi connectivity index (χ1v) is 10.7. The summed E-state index contributed by atoms with van der Waals surface area (Å²) < 4.78 is 5.74. The molecule has 1 amide bonds. The van der Waals surface area contributed by atoms with Crippen LogP contribution in [-0.4, -0.2) is 79.1 Å². The van der Waals surface area contributed by atoms with Crippen LogP contribution in [0.3, 0.4) is 0 Å². The highest BCUT2D eigenvalue weighted by atomic mass is 16.5. The van der Waals surface area contributed by atoms with Crippen LogP contribution in [0.25, 0.3) is 0 Å². The molecule has 0 N–H and O–H groups in total. The predicted molar refractivity (Wildman–Crippen MR) is 107 cm³/mol. The van der Waals surface area contributed by atoms with E-state index in [4.69, 9.17) is 4.74 Å². The highest BCUT2D eigenvalue weighted by Gasteiger charge is 2.25. The quantitative estimate of drug-likeness (QED) is 0.797. The summed E-state index contributed by atoms with van der Waals surface area (Å²) in [4.78, 5) is 19.8. The molecule has 0 spiro atoms. The van der Waals surface area contributed by atoms with Crippen molar-refractivity contribution in [1.82, 2.24) is 14.7 Å². The molecule has 0 bridgehead atoms. The first-order chi connectivity index (χ1) is 13.3. The van der Waals surface area contributed by atoms with Gasteiger partial charge in [0.1, 0.15) is 0 Å². The Hall–Kier alpha value is -1.43. The predicted octanol–water partition coefficient (Wildman–Crippen LogP) is 2.61. The van der Waals surface area contributed by atoms with Gasteiger partial charge in [-0.2, -0.15) is 0 Å². The Morgan fingerprint density at radius 2 is 1.63 bits per heavy atom. The van der Waals surface area contributed by atoms with Crippen LogP contribution in [0.4, 0.5) is 0 Å². The van der Waals surface area contributed by atoms with Gasteiger partial charge in [-0.05, 0) is 56.5 Å². The number of likely N-dealkylation sites (tertiary alicyclic amines) is 1. The van der Waals surface area contributed by atoms with Crippen molar-refractivity contribution in [1.29, 1.82) is 0 Å². The molecule has 5 heteroatoms. The molecule has 3 fully saturated rings. The van der Waals surface area contributed by atoms with Gasteiger partial charge in [0.05, 0.1) is 6.10 Å². The minimum atomic E-state index is 0.177. The van der Waals surface area contributed by atoms with Crippen LogP contribution in [-0.2, 0) is 11.3 Å². The number of amides is 1. The highest BCUT2D eigenvalue weighted by molar-refractivity contribution is 5.94. The summed E-state index contributed by atoms with van der Waals surface area (Å²) in [5.74, 6) is 0.177. The molecule has 1 aromatic carbocycles. The van der Waals surface area contributed by atoms with Gasteiger partial charge < -0.3 is 9.64 Å². The molecule has 1 atom stereocenters. The molecule has 148 valence electrons. The summed E-state index contributed by atoms with van der Waals surface area (Å²) in [5, 5.41) is 0. The molecular formula is C22H33N3O2. The van der Waals surface area contributed by atoms with E-state index in [1.54, 1.807) is 0 Å². The number of piperidine rings is 1. The summed E-state index contributed by atoms with van der Waals surface area (Å²) >= 11 is 0. The van der Waals surface area contributed by atoms with Gasteiger partial charge in [-0.1, -0.05) is 18.6 Å². The average Bonchev–Trinajstić information content (AvgIpc) is 3.22. The lowest BCUT2D eigenvalue weighted by Crippen LogP contribution is -2.50. The number of piperazine rings is 1. The van der Waals surface area contributed by atoms with Gasteiger partial charge in [0.2, 0.25) is 0 Å². The fourth-order valence-electron chi connectivity index (χ4n) is 4.52. The minimum absolute atomic E-state index is 0.177. The number of carbonyl (C=O) groups excluding carboxylic acids is 1. The van der Waals surface area contributed by atoms with Gasteiger partial charge in [-0.25, -0.2) is 0 Å². The number of hydrogen-bond donors (Lipinski definition) is 0. The summed E-state index contributed by atoms with van der Waals surface area (Å²) in [6.45, 7) is 8.91. The topological polar surface area (TPSA) is 36.0 Å². The number of benzene rings is 1. The zero-order valence-corrected chi connectivity index (χ0v) is 16.4. The van der Waals surface area contributed by atoms with Crippen molar-refractivity contribution in [2.45, 2.75) is 44.8 Å². The second-order valence-corrected chi connectivity index (χ2v) is 8.26. The van der Waals surface area contributed by atoms with Crippen LogP contribution in [0.1, 0.15) is 48.0 Å². The Kier molecular flexibility index (Phi) is 6.43. The number of carbonyl (C=O) groups is 1. The molecule has 0 saturated carbocycles. The summed E-state index contributed by atoms with van der Waals surface area (Å²) in [6, 6.07) is 8.30. The molecule has 1 aromatic rings. The Bertz CT molecular complexity index is 598. The Morgan fingerprint density at radius 3 is 2.30 bits per heavy atom. The molecule has 0 aromatic heterocycles. The van der Waals surface area contributed by atoms with Crippen molar-refractivity contribution in [3.8, 4) is 0 Å². The van der Waals surface area contributed by atoms with Crippen LogP contribution >= 0.6 is 0 Å². The molecule has 0 unspecified atom stereocenters. The zero-order valence-electron chi connectivity index (χ0n) is 16.4. The van der Waals surface area contributed by atoms with E-state index in [1.807, 2.05) is 17.0 Å². The monoisotopic (exact) mass is 371 g/mol. The van der Waals surface area contributed by atoms with Crippen molar-refractivity contribution < 1.29 is 9.53 Å². The summed E-state index contributed by atoms with van der Waals surface area (Å²) in [5.41, 5.74) is 2.14. The minimum Gasteiger partial charge on any atom is -0.377 e. The molecule has 3 heterocycles. The third kappa shape index (κ3) is 5.09. The van der Waals surface area contributed by atoms with E-state index in [9.17, 15) is 4.79 Å². The van der Waals surface area contributed by atoms with E-state index in [0.29, 0.717) is 6.10 Å². The van der Waals surface area contributed by atoms with Crippen molar-refractivity contribution in [3.05, 3.63) is 35.4 Å². The lowest BCUT2D eigenvalue weighted by atomic mass is 10.1. The number of hydrogen-bond acceptors (Lipinski definition) is 4. The standard InChI is InChI=1S/C22H33N3O2/c26-22(25-14-12-24(13-15-25)18-21-5-4-16-27-21)20-8-6-19(7-9-20)17-23-10-2-1-3-11-23/h6-9,21H,1-5,10-18H2/t21-/m0/s1. The largest absolute Gasteiger partial charge is 0.377 e. The fourth-order valence-corrected chi connectivity index (χ4v) is 4.52. The van der Waals surface area contributed by atoms with Crippen molar-refractivity contribution in [2.75, 3.05) is 52.4 Å². The molecule has 5 nitrogen and oxygen atoms in total. The maximum atomic E-state index is 12.8. The normalized spacial score (nSPS) is 25.0. The number of rotatable bonds is 5. The molecule has 3 saturated heterocycles. The molecule has 4 rings (SSSR count). The number of nitrogens with zero attached hydrogens (tertiary/aromatic N) is 3. The molecule has 3 aliphatic heterocycles. The zero-order chi connectivity index (χ0) is 18.5. The van der Waals surface area contributed by atoms with Gasteiger partial charge in [-0.15, -0.1) is 0 Å². The van der Waals surface area contributed by atoms with Gasteiger partial charge in [-0.3, -0.25) is 14.6 Å². The molecule has 0 aliphatic carbocycles. The van der Waals surface area contributed by atoms with E-state index in [2.05, 4.69) is 21.9 Å². The van der Waals surface area contributed by atoms with Gasteiger partial charge >= 0.3 is 0 Å². The highest BCUT2D eigenvalue weighted by Crippen LogP contribution is 2.17. The summed E-state index contributed by atoms with van der Waals surface area (Å²) in [6.07, 6.45) is 6.77. The van der Waals surface area contributed by atoms with Gasteiger partial charge in [0.25, 0.3) is 5.91 Å². The van der Waals surface area contributed by atoms with Crippen molar-refractivity contribution in [3.63, 3.8) is 0 Å². The van der Waals surface area contributed by atoms with E-state index >= 15 is 0 Å². The van der Waals surface area contributed by atoms with Crippen LogP contribution in [0.2, 0.25) is 0 Å². The summed E-state index contributed by atoms with van der Waals surface area (Å²) in [7, 11) is 0. The SMILES string of the molecule is O=C(c1ccc(CN2CCCCC2)cc1)N1CCN(C[C@@H]2CCCO2)CC1. The van der Waals surface area contributed by atoms with Gasteiger partial charge in [0.15, 0.2) is 0 Å². The Morgan fingerprint density at radius 1 is 0.889 bits per heavy atom. The number of ether oxygens (including phenoxy) is 1. The van der Waals surface area contributed by atoms with Crippen molar-refractivity contribution >= 4 is 5.91 Å². The fraction of sp³-hybridized carbons (Fsp3) is 0.682. The first kappa shape index (κ1) is 18.9. The van der Waals surface area contributed by atoms with E-state index < -0.39 is 0 Å². The van der Waals surface area contributed by atoms with Crippen LogP contribution < -0.4 is 0 Å². The molecule has 27 heavy (non-hydrogen) atoms. The third-order valence-electron chi connectivity index (χ3n) is 6.20. The molecular weight excluding hydrogens is 338 g/mol. The van der Waals surface area contributed by atoms with Crippen molar-refractivity contribution in [2.24, 2.45) is 0 Å². The lowest BCUT2D eigenvalue weighted by Gasteiger charge is -2.35. The van der Waals surface area contributed by atoms with Crippen LogP contribution in [0.5, 0.6) is 0 Å². The van der Waals surface area contributed by atoms with E-state index in [1.165, 1.54) is 50.8 Å².